The van der Waals surface area contributed by atoms with Gasteiger partial charge in [-0.2, -0.15) is 0 Å². The molecule has 1 aliphatic heterocycles. The van der Waals surface area contributed by atoms with Crippen molar-refractivity contribution in [1.82, 2.24) is 0 Å². The number of benzene rings is 2. The van der Waals surface area contributed by atoms with Gasteiger partial charge in [-0.1, -0.05) is 29.8 Å². The van der Waals surface area contributed by atoms with E-state index in [9.17, 15) is 4.79 Å². The molecule has 2 aromatic carbocycles. The van der Waals surface area contributed by atoms with Gasteiger partial charge in [0.15, 0.2) is 0 Å². The molecule has 1 aliphatic rings. The van der Waals surface area contributed by atoms with Crippen molar-refractivity contribution in [3.8, 4) is 0 Å². The van der Waals surface area contributed by atoms with E-state index >= 15 is 0 Å². The Morgan fingerprint density at radius 2 is 1.71 bits per heavy atom. The Morgan fingerprint density at radius 3 is 2.38 bits per heavy atom. The van der Waals surface area contributed by atoms with Crippen molar-refractivity contribution >= 4 is 17.3 Å². The largest absolute Gasteiger partial charge is 0.378 e. The normalized spacial score (nSPS) is 14.5. The molecule has 1 N–H and O–H groups in total. The lowest BCUT2D eigenvalue weighted by molar-refractivity contribution is -0.116. The highest BCUT2D eigenvalue weighted by molar-refractivity contribution is 5.91. The molecule has 0 saturated carbocycles. The standard InChI is InChI=1S/C20H24N2O2/c1-16-2-4-17(5-3-16)6-11-20(23)21-18-7-9-19(10-8-18)22-12-14-24-15-13-22/h2-5,7-10H,6,11-15H2,1H3,(H,21,23). The fourth-order valence-corrected chi connectivity index (χ4v) is 2.81. The van der Waals surface area contributed by atoms with Gasteiger partial charge < -0.3 is 15.0 Å². The average Bonchev–Trinajstić information content (AvgIpc) is 2.63. The minimum absolute atomic E-state index is 0.0506. The number of nitrogens with zero attached hydrogens (tertiary/aromatic N) is 1. The third-order valence-electron chi connectivity index (χ3n) is 4.29. The second-order valence-corrected chi connectivity index (χ2v) is 6.18. The lowest BCUT2D eigenvalue weighted by Gasteiger charge is -2.28. The van der Waals surface area contributed by atoms with E-state index in [0.717, 1.165) is 38.4 Å². The maximum atomic E-state index is 12.1. The molecule has 1 fully saturated rings. The smallest absolute Gasteiger partial charge is 0.224 e. The van der Waals surface area contributed by atoms with E-state index in [4.69, 9.17) is 4.74 Å². The molecular weight excluding hydrogens is 300 g/mol. The van der Waals surface area contributed by atoms with Gasteiger partial charge in [-0.15, -0.1) is 0 Å². The van der Waals surface area contributed by atoms with Crippen LogP contribution in [-0.4, -0.2) is 32.2 Å². The van der Waals surface area contributed by atoms with Crippen LogP contribution < -0.4 is 10.2 Å². The zero-order chi connectivity index (χ0) is 16.8. The van der Waals surface area contributed by atoms with E-state index in [-0.39, 0.29) is 5.91 Å². The number of carbonyl (C=O) groups is 1. The SMILES string of the molecule is Cc1ccc(CCC(=O)Nc2ccc(N3CCOCC3)cc2)cc1. The predicted molar refractivity (Wildman–Crippen MR) is 97.6 cm³/mol. The van der Waals surface area contributed by atoms with Gasteiger partial charge in [0.05, 0.1) is 13.2 Å². The maximum absolute atomic E-state index is 12.1. The first-order valence-electron chi connectivity index (χ1n) is 8.49. The number of ether oxygens (including phenoxy) is 1. The van der Waals surface area contributed by atoms with Crippen molar-refractivity contribution in [2.45, 2.75) is 19.8 Å². The van der Waals surface area contributed by atoms with Gasteiger partial charge >= 0.3 is 0 Å². The summed E-state index contributed by atoms with van der Waals surface area (Å²) in [7, 11) is 0. The van der Waals surface area contributed by atoms with Gasteiger partial charge in [0.25, 0.3) is 0 Å². The molecule has 4 nitrogen and oxygen atoms in total. The molecule has 0 aliphatic carbocycles. The first-order chi connectivity index (χ1) is 11.7. The summed E-state index contributed by atoms with van der Waals surface area (Å²) in [5.41, 5.74) is 4.46. The van der Waals surface area contributed by atoms with Crippen LogP contribution in [0.3, 0.4) is 0 Å². The second-order valence-electron chi connectivity index (χ2n) is 6.18. The third kappa shape index (κ3) is 4.59. The molecule has 0 spiro atoms. The van der Waals surface area contributed by atoms with Crippen LogP contribution in [0.5, 0.6) is 0 Å². The van der Waals surface area contributed by atoms with Crippen LogP contribution in [-0.2, 0) is 16.0 Å². The number of hydrogen-bond acceptors (Lipinski definition) is 3. The molecule has 0 aromatic heterocycles. The Morgan fingerprint density at radius 1 is 1.04 bits per heavy atom. The lowest BCUT2D eigenvalue weighted by atomic mass is 10.1. The predicted octanol–water partition coefficient (Wildman–Crippen LogP) is 3.40. The Labute approximate surface area is 143 Å². The van der Waals surface area contributed by atoms with Crippen molar-refractivity contribution in [2.24, 2.45) is 0 Å². The first kappa shape index (κ1) is 16.5. The van der Waals surface area contributed by atoms with Gasteiger partial charge in [-0.05, 0) is 43.2 Å². The summed E-state index contributed by atoms with van der Waals surface area (Å²) in [5.74, 6) is 0.0506. The topological polar surface area (TPSA) is 41.6 Å². The van der Waals surface area contributed by atoms with Crippen molar-refractivity contribution < 1.29 is 9.53 Å². The molecule has 0 radical (unpaired) electrons. The summed E-state index contributed by atoms with van der Waals surface area (Å²) in [5, 5.41) is 2.97. The molecule has 3 rings (SSSR count). The van der Waals surface area contributed by atoms with Crippen LogP contribution in [0, 0.1) is 6.92 Å². The fourth-order valence-electron chi connectivity index (χ4n) is 2.81. The van der Waals surface area contributed by atoms with E-state index in [0.29, 0.717) is 6.42 Å². The van der Waals surface area contributed by atoms with Crippen LogP contribution >= 0.6 is 0 Å². The highest BCUT2D eigenvalue weighted by Gasteiger charge is 2.11. The molecule has 1 heterocycles. The zero-order valence-electron chi connectivity index (χ0n) is 14.1. The summed E-state index contributed by atoms with van der Waals surface area (Å²) in [6, 6.07) is 16.4. The van der Waals surface area contributed by atoms with Crippen molar-refractivity contribution in [3.05, 3.63) is 59.7 Å². The monoisotopic (exact) mass is 324 g/mol. The van der Waals surface area contributed by atoms with Gasteiger partial charge in [-0.25, -0.2) is 0 Å². The number of rotatable bonds is 5. The lowest BCUT2D eigenvalue weighted by Crippen LogP contribution is -2.36. The molecule has 1 amide bonds. The number of aryl methyl sites for hydroxylation is 2. The molecular formula is C20H24N2O2. The second kappa shape index (κ2) is 7.97. The number of hydrogen-bond donors (Lipinski definition) is 1. The first-order valence-corrected chi connectivity index (χ1v) is 8.49. The minimum Gasteiger partial charge on any atom is -0.378 e. The summed E-state index contributed by atoms with van der Waals surface area (Å²) in [6.07, 6.45) is 1.26. The number of morpholine rings is 1. The third-order valence-corrected chi connectivity index (χ3v) is 4.29. The van der Waals surface area contributed by atoms with Crippen LogP contribution in [0.2, 0.25) is 0 Å². The molecule has 0 atom stereocenters. The zero-order valence-corrected chi connectivity index (χ0v) is 14.1. The Kier molecular flexibility index (Phi) is 5.49. The summed E-state index contributed by atoms with van der Waals surface area (Å²) >= 11 is 0. The highest BCUT2D eigenvalue weighted by Crippen LogP contribution is 2.19. The van der Waals surface area contributed by atoms with Gasteiger partial charge in [0.2, 0.25) is 5.91 Å². The minimum atomic E-state index is 0.0506. The number of amides is 1. The molecule has 0 unspecified atom stereocenters. The molecule has 2 aromatic rings. The maximum Gasteiger partial charge on any atom is 0.224 e. The van der Waals surface area contributed by atoms with Crippen LogP contribution in [0.15, 0.2) is 48.5 Å². The van der Waals surface area contributed by atoms with E-state index < -0.39 is 0 Å². The van der Waals surface area contributed by atoms with Crippen molar-refractivity contribution in [1.29, 1.82) is 0 Å². The summed E-state index contributed by atoms with van der Waals surface area (Å²) in [4.78, 5) is 14.4. The number of anilines is 2. The molecule has 24 heavy (non-hydrogen) atoms. The van der Waals surface area contributed by atoms with E-state index in [1.54, 1.807) is 0 Å². The highest BCUT2D eigenvalue weighted by atomic mass is 16.5. The van der Waals surface area contributed by atoms with Crippen LogP contribution in [0.25, 0.3) is 0 Å². The Balaban J connectivity index is 1.49. The number of nitrogens with one attached hydrogen (secondary N) is 1. The summed E-state index contributed by atoms with van der Waals surface area (Å²) < 4.78 is 5.37. The number of carbonyl (C=O) groups excluding carboxylic acids is 1. The average molecular weight is 324 g/mol. The summed E-state index contributed by atoms with van der Waals surface area (Å²) in [6.45, 7) is 5.45. The fraction of sp³-hybridized carbons (Fsp3) is 0.350. The molecule has 1 saturated heterocycles. The van der Waals surface area contributed by atoms with Gasteiger partial charge in [0.1, 0.15) is 0 Å². The Bertz CT molecular complexity index is 659. The van der Waals surface area contributed by atoms with E-state index in [1.165, 1.54) is 16.8 Å². The van der Waals surface area contributed by atoms with E-state index in [1.807, 2.05) is 12.1 Å². The molecule has 4 heteroatoms. The van der Waals surface area contributed by atoms with Crippen molar-refractivity contribution in [2.75, 3.05) is 36.5 Å². The molecule has 0 bridgehead atoms. The quantitative estimate of drug-likeness (QED) is 0.916. The molecule has 126 valence electrons. The van der Waals surface area contributed by atoms with Crippen LogP contribution in [0.4, 0.5) is 11.4 Å². The Hall–Kier alpha value is -2.33. The van der Waals surface area contributed by atoms with Gasteiger partial charge in [-0.3, -0.25) is 4.79 Å². The van der Waals surface area contributed by atoms with Crippen LogP contribution in [0.1, 0.15) is 17.5 Å². The van der Waals surface area contributed by atoms with Gasteiger partial charge in [0, 0.05) is 30.9 Å². The van der Waals surface area contributed by atoms with Crippen molar-refractivity contribution in [3.63, 3.8) is 0 Å². The van der Waals surface area contributed by atoms with E-state index in [2.05, 4.69) is 53.5 Å².